The summed E-state index contributed by atoms with van der Waals surface area (Å²) in [7, 11) is 1.61. The second-order valence-corrected chi connectivity index (χ2v) is 8.04. The molecule has 3 rings (SSSR count). The maximum atomic E-state index is 12.8. The van der Waals surface area contributed by atoms with Gasteiger partial charge >= 0.3 is 5.97 Å². The van der Waals surface area contributed by atoms with Crippen molar-refractivity contribution < 1.29 is 19.1 Å². The summed E-state index contributed by atoms with van der Waals surface area (Å²) >= 11 is 2.42. The Hall–Kier alpha value is -3.12. The van der Waals surface area contributed by atoms with Gasteiger partial charge in [0.2, 0.25) is 11.9 Å². The molecule has 0 aliphatic carbocycles. The van der Waals surface area contributed by atoms with Crippen molar-refractivity contribution >= 4 is 46.1 Å². The van der Waals surface area contributed by atoms with E-state index >= 15 is 0 Å². The van der Waals surface area contributed by atoms with Gasteiger partial charge in [-0.15, -0.1) is 21.5 Å². The molecule has 0 fully saturated rings. The van der Waals surface area contributed by atoms with E-state index in [1.807, 2.05) is 29.6 Å². The number of carbonyl (C=O) groups excluding carboxylic acids is 2. The Morgan fingerprint density at radius 2 is 2.03 bits per heavy atom. The first-order chi connectivity index (χ1) is 14.9. The zero-order valence-corrected chi connectivity index (χ0v) is 18.8. The number of esters is 1. The van der Waals surface area contributed by atoms with Crippen molar-refractivity contribution in [2.24, 2.45) is 0 Å². The molecule has 3 aromatic rings. The molecule has 164 valence electrons. The molecule has 0 bridgehead atoms. The lowest BCUT2D eigenvalue weighted by Crippen LogP contribution is -2.25. The van der Waals surface area contributed by atoms with Gasteiger partial charge in [-0.25, -0.2) is 4.98 Å². The number of nitrogens with zero attached hydrogens (tertiary/aromatic N) is 4. The fourth-order valence-electron chi connectivity index (χ4n) is 2.63. The van der Waals surface area contributed by atoms with Gasteiger partial charge in [-0.3, -0.25) is 14.2 Å². The molecule has 0 aliphatic rings. The SMILES string of the molecule is CCOC(=O)CSc1nnc(N)n1C(C)C(=O)Nc1nc(-c2ccc(OC)cc2)cs1. The first-order valence-electron chi connectivity index (χ1n) is 9.32. The van der Waals surface area contributed by atoms with Crippen molar-refractivity contribution in [2.45, 2.75) is 25.0 Å². The van der Waals surface area contributed by atoms with Crippen LogP contribution in [0.1, 0.15) is 19.9 Å². The molecule has 1 amide bonds. The number of methoxy groups -OCH3 is 1. The number of hydrogen-bond donors (Lipinski definition) is 2. The van der Waals surface area contributed by atoms with Crippen LogP contribution in [0.25, 0.3) is 11.3 Å². The monoisotopic (exact) mass is 462 g/mol. The molecule has 0 aliphatic heterocycles. The summed E-state index contributed by atoms with van der Waals surface area (Å²) in [5, 5.41) is 13.2. The van der Waals surface area contributed by atoms with Crippen LogP contribution in [0.15, 0.2) is 34.8 Å². The molecule has 1 aromatic carbocycles. The number of rotatable bonds is 9. The van der Waals surface area contributed by atoms with Gasteiger partial charge in [0.05, 0.1) is 25.2 Å². The van der Waals surface area contributed by atoms with Crippen LogP contribution in [0.2, 0.25) is 0 Å². The number of amides is 1. The summed E-state index contributed by atoms with van der Waals surface area (Å²) in [6.45, 7) is 3.69. The van der Waals surface area contributed by atoms with Crippen LogP contribution in [-0.2, 0) is 14.3 Å². The van der Waals surface area contributed by atoms with E-state index in [0.717, 1.165) is 28.8 Å². The summed E-state index contributed by atoms with van der Waals surface area (Å²) < 4.78 is 11.5. The molecule has 2 aromatic heterocycles. The third kappa shape index (κ3) is 5.52. The average molecular weight is 463 g/mol. The third-order valence-corrected chi connectivity index (χ3v) is 5.88. The maximum absolute atomic E-state index is 12.8. The highest BCUT2D eigenvalue weighted by Gasteiger charge is 2.23. The van der Waals surface area contributed by atoms with Gasteiger partial charge in [-0.1, -0.05) is 11.8 Å². The molecular weight excluding hydrogens is 440 g/mol. The van der Waals surface area contributed by atoms with Crippen LogP contribution in [0.3, 0.4) is 0 Å². The lowest BCUT2D eigenvalue weighted by atomic mass is 10.2. The molecule has 0 saturated heterocycles. The van der Waals surface area contributed by atoms with Crippen LogP contribution in [0.4, 0.5) is 11.1 Å². The summed E-state index contributed by atoms with van der Waals surface area (Å²) in [5.74, 6) is 0.154. The van der Waals surface area contributed by atoms with Gasteiger partial charge in [0.1, 0.15) is 11.8 Å². The first kappa shape index (κ1) is 22.6. The largest absolute Gasteiger partial charge is 0.497 e. The van der Waals surface area contributed by atoms with Crippen molar-refractivity contribution in [3.05, 3.63) is 29.6 Å². The van der Waals surface area contributed by atoms with Crippen LogP contribution >= 0.6 is 23.1 Å². The Morgan fingerprint density at radius 3 is 2.71 bits per heavy atom. The number of thiazole rings is 1. The van der Waals surface area contributed by atoms with E-state index in [1.54, 1.807) is 21.0 Å². The highest BCUT2D eigenvalue weighted by atomic mass is 32.2. The molecule has 31 heavy (non-hydrogen) atoms. The number of anilines is 2. The number of carbonyl (C=O) groups is 2. The molecule has 0 saturated carbocycles. The Balaban J connectivity index is 1.68. The van der Waals surface area contributed by atoms with Gasteiger partial charge in [0.25, 0.3) is 0 Å². The smallest absolute Gasteiger partial charge is 0.316 e. The van der Waals surface area contributed by atoms with E-state index in [2.05, 4.69) is 20.5 Å². The van der Waals surface area contributed by atoms with Gasteiger partial charge in [-0.05, 0) is 38.1 Å². The fraction of sp³-hybridized carbons (Fsp3) is 0.316. The third-order valence-electron chi connectivity index (χ3n) is 4.20. The van der Waals surface area contributed by atoms with E-state index < -0.39 is 6.04 Å². The van der Waals surface area contributed by atoms with E-state index in [9.17, 15) is 9.59 Å². The van der Waals surface area contributed by atoms with Gasteiger partial charge in [0, 0.05) is 10.9 Å². The minimum atomic E-state index is -0.715. The van der Waals surface area contributed by atoms with Crippen molar-refractivity contribution in [1.29, 1.82) is 0 Å². The predicted molar refractivity (Wildman–Crippen MR) is 119 cm³/mol. The topological polar surface area (TPSA) is 134 Å². The number of nitrogen functional groups attached to an aromatic ring is 1. The van der Waals surface area contributed by atoms with Crippen LogP contribution < -0.4 is 15.8 Å². The molecule has 0 radical (unpaired) electrons. The lowest BCUT2D eigenvalue weighted by Gasteiger charge is -2.15. The van der Waals surface area contributed by atoms with Crippen molar-refractivity contribution in [3.8, 4) is 17.0 Å². The minimum Gasteiger partial charge on any atom is -0.497 e. The molecule has 10 nitrogen and oxygen atoms in total. The number of aromatic nitrogens is 4. The van der Waals surface area contributed by atoms with E-state index in [-0.39, 0.29) is 23.6 Å². The summed E-state index contributed by atoms with van der Waals surface area (Å²) in [5.41, 5.74) is 7.55. The van der Waals surface area contributed by atoms with E-state index in [0.29, 0.717) is 16.9 Å². The Bertz CT molecular complexity index is 1050. The van der Waals surface area contributed by atoms with Gasteiger partial charge < -0.3 is 20.5 Å². The molecule has 12 heteroatoms. The summed E-state index contributed by atoms with van der Waals surface area (Å²) in [6.07, 6.45) is 0. The predicted octanol–water partition coefficient (Wildman–Crippen LogP) is 2.85. The van der Waals surface area contributed by atoms with Crippen LogP contribution in [-0.4, -0.2) is 51.1 Å². The Labute approximate surface area is 187 Å². The second kappa shape index (κ2) is 10.3. The molecule has 2 heterocycles. The normalized spacial score (nSPS) is 11.7. The number of nitrogens with one attached hydrogen (secondary N) is 1. The number of thioether (sulfide) groups is 1. The molecule has 1 atom stereocenters. The molecular formula is C19H22N6O4S2. The van der Waals surface area contributed by atoms with E-state index in [4.69, 9.17) is 15.2 Å². The number of nitrogens with two attached hydrogens (primary N) is 1. The minimum absolute atomic E-state index is 0.0397. The maximum Gasteiger partial charge on any atom is 0.316 e. The highest BCUT2D eigenvalue weighted by Crippen LogP contribution is 2.28. The van der Waals surface area contributed by atoms with Crippen molar-refractivity contribution in [2.75, 3.05) is 30.5 Å². The quantitative estimate of drug-likeness (QED) is 0.363. The Morgan fingerprint density at radius 1 is 1.29 bits per heavy atom. The van der Waals surface area contributed by atoms with E-state index in [1.165, 1.54) is 15.9 Å². The van der Waals surface area contributed by atoms with Crippen molar-refractivity contribution in [1.82, 2.24) is 19.7 Å². The molecule has 1 unspecified atom stereocenters. The summed E-state index contributed by atoms with van der Waals surface area (Å²) in [4.78, 5) is 28.9. The Kier molecular flexibility index (Phi) is 7.47. The molecule has 0 spiro atoms. The fourth-order valence-corrected chi connectivity index (χ4v) is 4.17. The van der Waals surface area contributed by atoms with Crippen molar-refractivity contribution in [3.63, 3.8) is 0 Å². The zero-order chi connectivity index (χ0) is 22.4. The second-order valence-electron chi connectivity index (χ2n) is 6.24. The summed E-state index contributed by atoms with van der Waals surface area (Å²) in [6, 6.07) is 6.77. The van der Waals surface area contributed by atoms with Gasteiger partial charge in [0.15, 0.2) is 10.3 Å². The standard InChI is InChI=1S/C19H22N6O4S2/c1-4-29-15(26)10-31-19-24-23-17(20)25(19)11(2)16(27)22-18-21-14(9-30-18)12-5-7-13(28-3)8-6-12/h5-9,11H,4,10H2,1-3H3,(H2,20,23)(H,21,22,27). The number of hydrogen-bond acceptors (Lipinski definition) is 10. The number of benzene rings is 1. The zero-order valence-electron chi connectivity index (χ0n) is 17.2. The molecule has 3 N–H and O–H groups in total. The first-order valence-corrected chi connectivity index (χ1v) is 11.2. The van der Waals surface area contributed by atoms with Crippen LogP contribution in [0, 0.1) is 0 Å². The van der Waals surface area contributed by atoms with Crippen LogP contribution in [0.5, 0.6) is 5.75 Å². The average Bonchev–Trinajstić information content (AvgIpc) is 3.38. The van der Waals surface area contributed by atoms with Gasteiger partial charge in [-0.2, -0.15) is 0 Å². The lowest BCUT2D eigenvalue weighted by molar-refractivity contribution is -0.139. The number of ether oxygens (including phenoxy) is 2. The highest BCUT2D eigenvalue weighted by molar-refractivity contribution is 7.99.